The van der Waals surface area contributed by atoms with Crippen molar-refractivity contribution in [3.05, 3.63) is 143 Å². The molecule has 39 heavy (non-hydrogen) atoms. The van der Waals surface area contributed by atoms with Crippen LogP contribution in [0.3, 0.4) is 0 Å². The zero-order valence-corrected chi connectivity index (χ0v) is 23.0. The van der Waals surface area contributed by atoms with E-state index >= 15 is 0 Å². The van der Waals surface area contributed by atoms with Gasteiger partial charge in [-0.25, -0.2) is 9.98 Å². The molecule has 1 atom stereocenters. The number of pyridine rings is 1. The van der Waals surface area contributed by atoms with Crippen molar-refractivity contribution in [3.63, 3.8) is 0 Å². The van der Waals surface area contributed by atoms with Crippen LogP contribution in [0.2, 0.25) is 0 Å². The fourth-order valence-corrected chi connectivity index (χ4v) is 5.18. The van der Waals surface area contributed by atoms with Crippen molar-refractivity contribution in [1.29, 1.82) is 0 Å². The molecule has 0 aliphatic heterocycles. The fourth-order valence-electron chi connectivity index (χ4n) is 4.83. The van der Waals surface area contributed by atoms with Crippen molar-refractivity contribution in [3.8, 4) is 5.69 Å². The second kappa shape index (κ2) is 10.7. The van der Waals surface area contributed by atoms with Crippen LogP contribution in [-0.2, 0) is 0 Å². The van der Waals surface area contributed by atoms with Gasteiger partial charge in [0.05, 0.1) is 5.52 Å². The molecule has 2 heterocycles. The summed E-state index contributed by atoms with van der Waals surface area (Å²) in [6.45, 7) is 2.01. The SMILES string of the molecule is C/C(=N\C(/N=C(\N)c1ccccc1)c1cccc(-n2c3cc(Br)ccc3c3cccnc32)c1)c1ccccc1. The third-order valence-corrected chi connectivity index (χ3v) is 7.25. The molecule has 2 aromatic heterocycles. The third kappa shape index (κ3) is 4.99. The van der Waals surface area contributed by atoms with Crippen LogP contribution in [0.1, 0.15) is 29.8 Å². The molecule has 0 spiro atoms. The molecule has 0 radical (unpaired) electrons. The van der Waals surface area contributed by atoms with Crippen molar-refractivity contribution >= 4 is 49.4 Å². The molecule has 0 fully saturated rings. The molecule has 5 nitrogen and oxygen atoms in total. The highest BCUT2D eigenvalue weighted by Crippen LogP contribution is 2.33. The Balaban J connectivity index is 1.52. The van der Waals surface area contributed by atoms with E-state index in [-0.39, 0.29) is 0 Å². The number of benzene rings is 4. The first kappa shape index (κ1) is 24.8. The summed E-state index contributed by atoms with van der Waals surface area (Å²) >= 11 is 3.65. The van der Waals surface area contributed by atoms with Gasteiger partial charge in [0.2, 0.25) is 0 Å². The first-order valence-corrected chi connectivity index (χ1v) is 13.5. The molecular weight excluding hydrogens is 546 g/mol. The molecule has 2 N–H and O–H groups in total. The standard InChI is InChI=1S/C33H26BrN5/c1-22(23-10-4-2-5-11-23)37-32(38-31(35)24-12-6-3-7-13-24)25-14-8-15-27(20-25)39-30-21-26(34)17-18-28(30)29-16-9-19-36-33(29)39/h2-21,32H,1H3,(H2,35,38)/b37-22+. The van der Waals surface area contributed by atoms with Gasteiger partial charge in [-0.2, -0.15) is 0 Å². The number of fused-ring (bicyclic) bond motifs is 3. The van der Waals surface area contributed by atoms with Gasteiger partial charge in [0.15, 0.2) is 6.17 Å². The van der Waals surface area contributed by atoms with Crippen LogP contribution in [0.25, 0.3) is 27.6 Å². The molecular formula is C33H26BrN5. The molecule has 6 rings (SSSR count). The lowest BCUT2D eigenvalue weighted by Gasteiger charge is -2.15. The van der Waals surface area contributed by atoms with Crippen molar-refractivity contribution in [2.75, 3.05) is 0 Å². The maximum Gasteiger partial charge on any atom is 0.167 e. The number of nitrogens with two attached hydrogens (primary N) is 1. The predicted molar refractivity (Wildman–Crippen MR) is 165 cm³/mol. The molecule has 1 unspecified atom stereocenters. The molecule has 0 aliphatic carbocycles. The molecule has 6 heteroatoms. The minimum Gasteiger partial charge on any atom is -0.383 e. The third-order valence-electron chi connectivity index (χ3n) is 6.75. The topological polar surface area (TPSA) is 68.6 Å². The van der Waals surface area contributed by atoms with E-state index in [0.29, 0.717) is 5.84 Å². The maximum absolute atomic E-state index is 6.51. The van der Waals surface area contributed by atoms with Gasteiger partial charge < -0.3 is 5.73 Å². The van der Waals surface area contributed by atoms with Crippen LogP contribution < -0.4 is 5.73 Å². The summed E-state index contributed by atoms with van der Waals surface area (Å²) in [5.41, 5.74) is 13.2. The van der Waals surface area contributed by atoms with Gasteiger partial charge in [-0.05, 0) is 48.9 Å². The van der Waals surface area contributed by atoms with Crippen LogP contribution in [0.4, 0.5) is 0 Å². The average Bonchev–Trinajstić information content (AvgIpc) is 3.31. The second-order valence-corrected chi connectivity index (χ2v) is 10.2. The average molecular weight is 573 g/mol. The highest BCUT2D eigenvalue weighted by Gasteiger charge is 2.17. The van der Waals surface area contributed by atoms with E-state index in [0.717, 1.165) is 54.5 Å². The number of nitrogens with zero attached hydrogens (tertiary/aromatic N) is 4. The number of hydrogen-bond donors (Lipinski definition) is 1. The molecule has 0 saturated heterocycles. The van der Waals surface area contributed by atoms with Crippen LogP contribution in [0.15, 0.2) is 136 Å². The van der Waals surface area contributed by atoms with Crippen molar-refractivity contribution in [1.82, 2.24) is 9.55 Å². The smallest absolute Gasteiger partial charge is 0.167 e. The maximum atomic E-state index is 6.51. The summed E-state index contributed by atoms with van der Waals surface area (Å²) in [5, 5.41) is 2.25. The molecule has 190 valence electrons. The van der Waals surface area contributed by atoms with Gasteiger partial charge in [-0.15, -0.1) is 0 Å². The van der Waals surface area contributed by atoms with Crippen molar-refractivity contribution in [2.24, 2.45) is 15.7 Å². The number of amidine groups is 1. The largest absolute Gasteiger partial charge is 0.383 e. The lowest BCUT2D eigenvalue weighted by molar-refractivity contribution is 0.775. The predicted octanol–water partition coefficient (Wildman–Crippen LogP) is 7.85. The Morgan fingerprint density at radius 1 is 0.769 bits per heavy atom. The molecule has 0 aliphatic rings. The van der Waals surface area contributed by atoms with Gasteiger partial charge >= 0.3 is 0 Å². The summed E-state index contributed by atoms with van der Waals surface area (Å²) in [7, 11) is 0. The van der Waals surface area contributed by atoms with Crippen LogP contribution in [0.5, 0.6) is 0 Å². The molecule has 0 bridgehead atoms. The molecule has 4 aromatic carbocycles. The van der Waals surface area contributed by atoms with Crippen LogP contribution in [-0.4, -0.2) is 21.1 Å². The highest BCUT2D eigenvalue weighted by molar-refractivity contribution is 9.10. The highest BCUT2D eigenvalue weighted by atomic mass is 79.9. The first-order chi connectivity index (χ1) is 19.1. The van der Waals surface area contributed by atoms with Gasteiger partial charge in [0.1, 0.15) is 11.5 Å². The van der Waals surface area contributed by atoms with E-state index in [4.69, 9.17) is 20.7 Å². The summed E-state index contributed by atoms with van der Waals surface area (Å²) in [6.07, 6.45) is 1.30. The summed E-state index contributed by atoms with van der Waals surface area (Å²) in [5.74, 6) is 0.443. The van der Waals surface area contributed by atoms with Gasteiger partial charge in [-0.1, -0.05) is 94.8 Å². The van der Waals surface area contributed by atoms with E-state index < -0.39 is 6.17 Å². The van der Waals surface area contributed by atoms with E-state index in [1.807, 2.05) is 73.8 Å². The van der Waals surface area contributed by atoms with Gasteiger partial charge in [0.25, 0.3) is 0 Å². The summed E-state index contributed by atoms with van der Waals surface area (Å²) in [4.78, 5) is 14.7. The number of aromatic nitrogens is 2. The summed E-state index contributed by atoms with van der Waals surface area (Å²) in [6, 6.07) is 38.7. The number of halogens is 1. The normalized spacial score (nSPS) is 13.2. The Morgan fingerprint density at radius 2 is 1.51 bits per heavy atom. The number of rotatable bonds is 6. The Hall–Kier alpha value is -4.55. The Bertz CT molecular complexity index is 1780. The van der Waals surface area contributed by atoms with E-state index in [1.165, 1.54) is 0 Å². The lowest BCUT2D eigenvalue weighted by atomic mass is 10.1. The van der Waals surface area contributed by atoms with Crippen LogP contribution >= 0.6 is 15.9 Å². The van der Waals surface area contributed by atoms with E-state index in [1.54, 1.807) is 0 Å². The van der Waals surface area contributed by atoms with Crippen molar-refractivity contribution in [2.45, 2.75) is 13.1 Å². The Kier molecular flexibility index (Phi) is 6.78. The molecule has 6 aromatic rings. The quantitative estimate of drug-likeness (QED) is 0.163. The number of hydrogen-bond acceptors (Lipinski definition) is 3. The Labute approximate surface area is 235 Å². The molecule has 0 saturated carbocycles. The summed E-state index contributed by atoms with van der Waals surface area (Å²) < 4.78 is 3.20. The Morgan fingerprint density at radius 3 is 2.28 bits per heavy atom. The van der Waals surface area contributed by atoms with E-state index in [9.17, 15) is 0 Å². The van der Waals surface area contributed by atoms with Crippen molar-refractivity contribution < 1.29 is 0 Å². The molecule has 0 amide bonds. The van der Waals surface area contributed by atoms with Gasteiger partial charge in [0, 0.05) is 44.0 Å². The lowest BCUT2D eigenvalue weighted by Crippen LogP contribution is -2.15. The minimum absolute atomic E-state index is 0.443. The first-order valence-electron chi connectivity index (χ1n) is 12.7. The zero-order valence-electron chi connectivity index (χ0n) is 21.4. The number of aliphatic imine (C=N–C) groups is 2. The minimum atomic E-state index is -0.529. The zero-order chi connectivity index (χ0) is 26.8. The van der Waals surface area contributed by atoms with Gasteiger partial charge in [-0.3, -0.25) is 9.56 Å². The second-order valence-electron chi connectivity index (χ2n) is 9.30. The van der Waals surface area contributed by atoms with E-state index in [2.05, 4.69) is 75.1 Å². The monoisotopic (exact) mass is 571 g/mol. The van der Waals surface area contributed by atoms with Crippen LogP contribution in [0, 0.1) is 0 Å². The fraction of sp³-hybridized carbons (Fsp3) is 0.0606.